The van der Waals surface area contributed by atoms with Gasteiger partial charge in [0.05, 0.1) is 22.6 Å². The molecular weight excluding hydrogens is 464 g/mol. The standard InChI is InChI=1S/C28H16O8/c29-21-11-5-9-17-22(21)25(31)23-18(24(17)30)12-13-20-14-6-1-2-7-15(14)26(32)35-36-27(33)16-8-3-4-10-19(16)28(20,23)34/h1-13,23,29,34H. The zero-order valence-corrected chi connectivity index (χ0v) is 18.4. The van der Waals surface area contributed by atoms with Gasteiger partial charge in [-0.1, -0.05) is 60.7 Å². The van der Waals surface area contributed by atoms with Gasteiger partial charge in [-0.15, -0.1) is 0 Å². The summed E-state index contributed by atoms with van der Waals surface area (Å²) in [4.78, 5) is 62.7. The van der Waals surface area contributed by atoms with Crippen molar-refractivity contribution in [3.63, 3.8) is 0 Å². The number of ketones is 2. The van der Waals surface area contributed by atoms with Crippen LogP contribution < -0.4 is 0 Å². The molecule has 2 atom stereocenters. The smallest absolute Gasteiger partial charge is 0.386 e. The number of carbonyl (C=O) groups is 4. The van der Waals surface area contributed by atoms with Crippen molar-refractivity contribution in [3.8, 4) is 5.75 Å². The fourth-order valence-corrected chi connectivity index (χ4v) is 5.25. The van der Waals surface area contributed by atoms with Crippen LogP contribution >= 0.6 is 0 Å². The molecule has 0 spiro atoms. The number of fused-ring (bicyclic) bond motifs is 8. The van der Waals surface area contributed by atoms with Gasteiger partial charge in [-0.25, -0.2) is 19.4 Å². The summed E-state index contributed by atoms with van der Waals surface area (Å²) >= 11 is 0. The highest BCUT2D eigenvalue weighted by molar-refractivity contribution is 6.26. The van der Waals surface area contributed by atoms with Crippen LogP contribution in [0.3, 0.4) is 0 Å². The van der Waals surface area contributed by atoms with Crippen LogP contribution in [0.4, 0.5) is 0 Å². The predicted molar refractivity (Wildman–Crippen MR) is 124 cm³/mol. The first-order chi connectivity index (χ1) is 17.3. The quantitative estimate of drug-likeness (QED) is 0.468. The van der Waals surface area contributed by atoms with E-state index in [1.165, 1.54) is 54.6 Å². The first kappa shape index (κ1) is 21.7. The highest BCUT2D eigenvalue weighted by atomic mass is 17.2. The molecule has 0 aromatic heterocycles. The minimum atomic E-state index is -2.29. The van der Waals surface area contributed by atoms with Gasteiger partial charge >= 0.3 is 11.9 Å². The first-order valence-electron chi connectivity index (χ1n) is 11.0. The van der Waals surface area contributed by atoms with Crippen LogP contribution in [0.5, 0.6) is 5.75 Å². The van der Waals surface area contributed by atoms with E-state index in [0.717, 1.165) is 0 Å². The fourth-order valence-electron chi connectivity index (χ4n) is 5.25. The topological polar surface area (TPSA) is 127 Å². The van der Waals surface area contributed by atoms with Gasteiger partial charge in [-0.05, 0) is 29.3 Å². The second kappa shape index (κ2) is 7.59. The highest BCUT2D eigenvalue weighted by Gasteiger charge is 2.56. The number of aliphatic hydroxyl groups is 1. The molecule has 0 bridgehead atoms. The van der Waals surface area contributed by atoms with Crippen molar-refractivity contribution in [1.29, 1.82) is 0 Å². The number of rotatable bonds is 0. The Morgan fingerprint density at radius 1 is 0.694 bits per heavy atom. The molecule has 0 amide bonds. The molecule has 2 aliphatic carbocycles. The third kappa shape index (κ3) is 2.79. The molecule has 3 aliphatic rings. The van der Waals surface area contributed by atoms with E-state index in [0.29, 0.717) is 0 Å². The second-order valence-electron chi connectivity index (χ2n) is 8.63. The Morgan fingerprint density at radius 2 is 1.31 bits per heavy atom. The maximum absolute atomic E-state index is 13.9. The number of aromatic hydroxyl groups is 1. The van der Waals surface area contributed by atoms with E-state index in [2.05, 4.69) is 0 Å². The maximum Gasteiger partial charge on any atom is 0.386 e. The molecule has 0 radical (unpaired) electrons. The van der Waals surface area contributed by atoms with Crippen LogP contribution in [0, 0.1) is 5.92 Å². The maximum atomic E-state index is 13.9. The summed E-state index contributed by atoms with van der Waals surface area (Å²) in [5.41, 5.74) is -2.40. The first-order valence-corrected chi connectivity index (χ1v) is 11.0. The predicted octanol–water partition coefficient (Wildman–Crippen LogP) is 3.54. The molecule has 2 N–H and O–H groups in total. The molecule has 1 heterocycles. The average molecular weight is 480 g/mol. The Balaban J connectivity index is 1.73. The number of hydrogen-bond acceptors (Lipinski definition) is 8. The monoisotopic (exact) mass is 480 g/mol. The Kier molecular flexibility index (Phi) is 4.58. The highest BCUT2D eigenvalue weighted by Crippen LogP contribution is 2.53. The number of hydrogen-bond donors (Lipinski definition) is 2. The molecule has 1 aliphatic heterocycles. The molecule has 8 nitrogen and oxygen atoms in total. The van der Waals surface area contributed by atoms with E-state index >= 15 is 0 Å². The van der Waals surface area contributed by atoms with Crippen molar-refractivity contribution in [2.75, 3.05) is 0 Å². The van der Waals surface area contributed by atoms with Crippen LogP contribution in [0.15, 0.2) is 84.5 Å². The second-order valence-corrected chi connectivity index (χ2v) is 8.63. The Bertz CT molecular complexity index is 1590. The number of phenols is 1. The van der Waals surface area contributed by atoms with E-state index < -0.39 is 40.8 Å². The van der Waals surface area contributed by atoms with Gasteiger partial charge in [0.15, 0.2) is 11.6 Å². The van der Waals surface area contributed by atoms with Crippen LogP contribution in [0.1, 0.15) is 52.6 Å². The molecule has 6 rings (SSSR count). The van der Waals surface area contributed by atoms with Crippen molar-refractivity contribution in [1.82, 2.24) is 0 Å². The lowest BCUT2D eigenvalue weighted by Crippen LogP contribution is -2.48. The number of Topliss-reactive ketones (excluding diaryl/α,β-unsaturated/α-hetero) is 2. The lowest BCUT2D eigenvalue weighted by Gasteiger charge is -2.43. The molecule has 0 fully saturated rings. The SMILES string of the molecule is O=C1OOC(=O)c2ccccc2C2(O)C(=CC=C3C(=O)c4cccc(O)c4C(=O)C32)c2ccccc21. The Hall–Kier alpha value is -4.82. The Morgan fingerprint density at radius 3 is 2.06 bits per heavy atom. The van der Waals surface area contributed by atoms with Crippen LogP contribution in [0.25, 0.3) is 5.57 Å². The molecule has 3 aromatic carbocycles. The summed E-state index contributed by atoms with van der Waals surface area (Å²) in [6.45, 7) is 0. The van der Waals surface area contributed by atoms with Gasteiger partial charge < -0.3 is 10.2 Å². The van der Waals surface area contributed by atoms with Crippen molar-refractivity contribution in [3.05, 3.63) is 118 Å². The fraction of sp³-hybridized carbons (Fsp3) is 0.0714. The Labute approximate surface area is 203 Å². The molecule has 176 valence electrons. The molecule has 2 unspecified atom stereocenters. The van der Waals surface area contributed by atoms with Crippen molar-refractivity contribution < 1.29 is 39.2 Å². The van der Waals surface area contributed by atoms with Gasteiger partial charge in [0.25, 0.3) is 0 Å². The number of carbonyl (C=O) groups excluding carboxylic acids is 4. The summed E-state index contributed by atoms with van der Waals surface area (Å²) in [6.07, 6.45) is 2.89. The van der Waals surface area contributed by atoms with Crippen molar-refractivity contribution >= 4 is 29.1 Å². The van der Waals surface area contributed by atoms with Gasteiger partial charge in [0.2, 0.25) is 0 Å². The van der Waals surface area contributed by atoms with Crippen molar-refractivity contribution in [2.24, 2.45) is 5.92 Å². The average Bonchev–Trinajstić information content (AvgIpc) is 2.89. The zero-order chi connectivity index (χ0) is 25.2. The summed E-state index contributed by atoms with van der Waals surface area (Å²) in [5, 5.41) is 23.1. The molecule has 3 aromatic rings. The summed E-state index contributed by atoms with van der Waals surface area (Å²) in [6, 6.07) is 16.2. The van der Waals surface area contributed by atoms with E-state index in [-0.39, 0.29) is 44.5 Å². The lowest BCUT2D eigenvalue weighted by atomic mass is 9.60. The summed E-state index contributed by atoms with van der Waals surface area (Å²) in [7, 11) is 0. The summed E-state index contributed by atoms with van der Waals surface area (Å²) < 4.78 is 0. The van der Waals surface area contributed by atoms with Crippen LogP contribution in [0.2, 0.25) is 0 Å². The molecular formula is C28H16O8. The minimum Gasteiger partial charge on any atom is -0.507 e. The lowest BCUT2D eigenvalue weighted by molar-refractivity contribution is -0.187. The van der Waals surface area contributed by atoms with Gasteiger partial charge in [-0.3, -0.25) is 9.59 Å². The van der Waals surface area contributed by atoms with Gasteiger partial charge in [0.1, 0.15) is 11.4 Å². The third-order valence-corrected chi connectivity index (χ3v) is 6.81. The van der Waals surface area contributed by atoms with E-state index in [1.54, 1.807) is 24.3 Å². The van der Waals surface area contributed by atoms with Crippen molar-refractivity contribution in [2.45, 2.75) is 5.60 Å². The van der Waals surface area contributed by atoms with E-state index in [9.17, 15) is 29.4 Å². The largest absolute Gasteiger partial charge is 0.507 e. The number of benzene rings is 3. The minimum absolute atomic E-state index is 0.00959. The van der Waals surface area contributed by atoms with Crippen LogP contribution in [-0.4, -0.2) is 33.7 Å². The number of allylic oxidation sites excluding steroid dienone is 2. The molecule has 0 saturated heterocycles. The van der Waals surface area contributed by atoms with Crippen LogP contribution in [-0.2, 0) is 15.4 Å². The molecule has 8 heteroatoms. The zero-order valence-electron chi connectivity index (χ0n) is 18.4. The summed E-state index contributed by atoms with van der Waals surface area (Å²) in [5.74, 6) is -5.23. The number of phenolic OH excluding ortho intramolecular Hbond substituents is 1. The van der Waals surface area contributed by atoms with E-state index in [1.807, 2.05) is 0 Å². The third-order valence-electron chi connectivity index (χ3n) is 6.81. The van der Waals surface area contributed by atoms with E-state index in [4.69, 9.17) is 9.78 Å². The normalized spacial score (nSPS) is 22.4. The molecule has 0 saturated carbocycles. The molecule has 36 heavy (non-hydrogen) atoms. The van der Waals surface area contributed by atoms with Gasteiger partial charge in [0, 0.05) is 16.7 Å². The van der Waals surface area contributed by atoms with Gasteiger partial charge in [-0.2, -0.15) is 0 Å².